The third-order valence-corrected chi connectivity index (χ3v) is 2.84. The molecule has 0 bridgehead atoms. The van der Waals surface area contributed by atoms with Crippen molar-refractivity contribution in [1.82, 2.24) is 9.55 Å². The summed E-state index contributed by atoms with van der Waals surface area (Å²) in [6.07, 6.45) is -0.581. The molecule has 7 heteroatoms. The summed E-state index contributed by atoms with van der Waals surface area (Å²) in [6.45, 7) is 1.26. The van der Waals surface area contributed by atoms with Crippen molar-refractivity contribution in [2.24, 2.45) is 0 Å². The van der Waals surface area contributed by atoms with Crippen molar-refractivity contribution in [2.45, 2.75) is 31.8 Å². The average Bonchev–Trinajstić information content (AvgIpc) is 2.65. The number of hydrogen-bond donors (Lipinski definition) is 3. The second-order valence-electron chi connectivity index (χ2n) is 4.09. The van der Waals surface area contributed by atoms with Crippen LogP contribution in [0.15, 0.2) is 15.8 Å². The lowest BCUT2D eigenvalue weighted by molar-refractivity contribution is -0.0459. The number of nitrogens with zero attached hydrogens (tertiary/aromatic N) is 1. The van der Waals surface area contributed by atoms with Crippen LogP contribution in [-0.4, -0.2) is 38.6 Å². The highest BCUT2D eigenvalue weighted by molar-refractivity contribution is 5.02. The monoisotopic (exact) mass is 241 g/mol. The molecule has 0 spiro atoms. The minimum Gasteiger partial charge on any atom is -0.394 e. The highest BCUT2D eigenvalue weighted by Crippen LogP contribution is 2.27. The summed E-state index contributed by atoms with van der Waals surface area (Å²) in [7, 11) is 0. The zero-order valence-corrected chi connectivity index (χ0v) is 9.29. The van der Waals surface area contributed by atoms with Crippen molar-refractivity contribution in [3.05, 3.63) is 32.6 Å². The standard InChI is InChI=1S/C10H14N2O5/c1-5-3-12(10(16)11-9(5)15)8-2-6(14)7(4-13)17-8/h3,6-8,13-14H,2,4H2,1H3,(H,11,15,16)/t6-,7+,8+/m0/s1/i1-1. The number of aromatic amines is 1. The van der Waals surface area contributed by atoms with Crippen LogP contribution in [0.2, 0.25) is 0 Å². The molecule has 7 nitrogen and oxygen atoms in total. The Bertz CT molecular complexity index is 520. The fraction of sp³-hybridized carbons (Fsp3) is 0.600. The molecule has 0 aromatic carbocycles. The topological polar surface area (TPSA) is 105 Å². The average molecular weight is 241 g/mol. The Labute approximate surface area is 96.3 Å². The van der Waals surface area contributed by atoms with Gasteiger partial charge in [0.1, 0.15) is 12.3 Å². The largest absolute Gasteiger partial charge is 0.394 e. The first-order chi connectivity index (χ1) is 8.02. The summed E-state index contributed by atoms with van der Waals surface area (Å²) in [5, 5.41) is 18.5. The first-order valence-electron chi connectivity index (χ1n) is 5.29. The van der Waals surface area contributed by atoms with Crippen LogP contribution in [0.3, 0.4) is 0 Å². The molecule has 0 radical (unpaired) electrons. The van der Waals surface area contributed by atoms with Crippen LogP contribution in [0.1, 0.15) is 18.2 Å². The molecule has 0 saturated carbocycles. The summed E-state index contributed by atoms with van der Waals surface area (Å²) in [5.74, 6) is 0. The van der Waals surface area contributed by atoms with Crippen LogP contribution >= 0.6 is 0 Å². The number of aliphatic hydroxyl groups is 2. The van der Waals surface area contributed by atoms with Gasteiger partial charge in [-0.2, -0.15) is 0 Å². The van der Waals surface area contributed by atoms with E-state index in [4.69, 9.17) is 9.84 Å². The molecule has 0 aliphatic carbocycles. The quantitative estimate of drug-likeness (QED) is 0.583. The molecule has 0 amide bonds. The summed E-state index contributed by atoms with van der Waals surface area (Å²) >= 11 is 0. The molecule has 1 saturated heterocycles. The summed E-state index contributed by atoms with van der Waals surface area (Å²) < 4.78 is 6.54. The van der Waals surface area contributed by atoms with E-state index < -0.39 is 29.7 Å². The summed E-state index contributed by atoms with van der Waals surface area (Å²) in [6, 6.07) is 0. The highest BCUT2D eigenvalue weighted by Gasteiger charge is 2.34. The molecule has 1 aromatic rings. The van der Waals surface area contributed by atoms with Crippen molar-refractivity contribution in [3.63, 3.8) is 0 Å². The molecule has 1 fully saturated rings. The van der Waals surface area contributed by atoms with E-state index >= 15 is 0 Å². The Morgan fingerprint density at radius 3 is 2.88 bits per heavy atom. The maximum absolute atomic E-state index is 11.6. The molecule has 1 aliphatic heterocycles. The van der Waals surface area contributed by atoms with Crippen LogP contribution in [0.25, 0.3) is 0 Å². The van der Waals surface area contributed by atoms with E-state index in [0.29, 0.717) is 5.56 Å². The van der Waals surface area contributed by atoms with Gasteiger partial charge < -0.3 is 14.9 Å². The van der Waals surface area contributed by atoms with Gasteiger partial charge in [-0.3, -0.25) is 14.3 Å². The van der Waals surface area contributed by atoms with Gasteiger partial charge in [0.2, 0.25) is 0 Å². The van der Waals surface area contributed by atoms with Crippen LogP contribution in [0, 0.1) is 6.92 Å². The number of nitrogens with one attached hydrogen (secondary N) is 1. The van der Waals surface area contributed by atoms with Gasteiger partial charge in [-0.1, -0.05) is 0 Å². The number of ether oxygens (including phenoxy) is 1. The molecule has 2 heterocycles. The molecule has 17 heavy (non-hydrogen) atoms. The fourth-order valence-electron chi connectivity index (χ4n) is 1.85. The zero-order chi connectivity index (χ0) is 12.6. The van der Waals surface area contributed by atoms with Gasteiger partial charge in [0.15, 0.2) is 0 Å². The predicted octanol–water partition coefficient (Wildman–Crippen LogP) is -1.51. The second kappa shape index (κ2) is 4.44. The molecule has 2 rings (SSSR count). The minimum atomic E-state index is -0.816. The van der Waals surface area contributed by atoms with Gasteiger partial charge in [-0.05, 0) is 6.92 Å². The lowest BCUT2D eigenvalue weighted by atomic mass is 10.1. The minimum absolute atomic E-state index is 0.205. The molecule has 1 aliphatic rings. The van der Waals surface area contributed by atoms with Gasteiger partial charge in [0.05, 0.1) is 12.7 Å². The van der Waals surface area contributed by atoms with E-state index in [2.05, 4.69) is 4.98 Å². The molecule has 94 valence electrons. The number of aryl methyl sites for hydroxylation is 1. The van der Waals surface area contributed by atoms with Crippen LogP contribution in [0.4, 0.5) is 0 Å². The fourth-order valence-corrected chi connectivity index (χ4v) is 1.85. The van der Waals surface area contributed by atoms with E-state index in [1.807, 2.05) is 0 Å². The Morgan fingerprint density at radius 1 is 1.59 bits per heavy atom. The Morgan fingerprint density at radius 2 is 2.29 bits per heavy atom. The lowest BCUT2D eigenvalue weighted by Gasteiger charge is -2.14. The van der Waals surface area contributed by atoms with Crippen LogP contribution in [-0.2, 0) is 4.74 Å². The number of hydrogen-bond acceptors (Lipinski definition) is 5. The third kappa shape index (κ3) is 2.17. The Hall–Kier alpha value is -1.44. The number of aliphatic hydroxyl groups excluding tert-OH is 2. The van der Waals surface area contributed by atoms with Gasteiger partial charge in [-0.15, -0.1) is 0 Å². The zero-order valence-electron chi connectivity index (χ0n) is 9.29. The van der Waals surface area contributed by atoms with Crippen LogP contribution in [0.5, 0.6) is 0 Å². The summed E-state index contributed by atoms with van der Waals surface area (Å²) in [5.41, 5.74) is -0.643. The van der Waals surface area contributed by atoms with Crippen molar-refractivity contribution in [3.8, 4) is 0 Å². The predicted molar refractivity (Wildman–Crippen MR) is 57.7 cm³/mol. The van der Waals surface area contributed by atoms with Gasteiger partial charge in [-0.25, -0.2) is 4.79 Å². The molecule has 0 unspecified atom stereocenters. The Balaban J connectivity index is 2.34. The van der Waals surface area contributed by atoms with E-state index in [1.165, 1.54) is 10.8 Å². The molecular formula is C10H14N2O5. The normalized spacial score (nSPS) is 28.5. The number of aromatic nitrogens is 2. The van der Waals surface area contributed by atoms with E-state index in [1.54, 1.807) is 6.92 Å². The van der Waals surface area contributed by atoms with Gasteiger partial charge >= 0.3 is 5.69 Å². The van der Waals surface area contributed by atoms with Crippen molar-refractivity contribution in [1.29, 1.82) is 0 Å². The Kier molecular flexibility index (Phi) is 3.14. The molecule has 3 atom stereocenters. The summed E-state index contributed by atoms with van der Waals surface area (Å²) in [4.78, 5) is 24.9. The first-order valence-corrected chi connectivity index (χ1v) is 5.29. The van der Waals surface area contributed by atoms with Crippen molar-refractivity contribution >= 4 is 0 Å². The van der Waals surface area contributed by atoms with E-state index in [-0.39, 0.29) is 13.0 Å². The second-order valence-corrected chi connectivity index (χ2v) is 4.09. The molecule has 3 N–H and O–H groups in total. The van der Waals surface area contributed by atoms with Crippen LogP contribution < -0.4 is 11.2 Å². The highest BCUT2D eigenvalue weighted by atomic mass is 16.5. The van der Waals surface area contributed by atoms with Crippen molar-refractivity contribution in [2.75, 3.05) is 6.61 Å². The van der Waals surface area contributed by atoms with E-state index in [9.17, 15) is 14.7 Å². The van der Waals surface area contributed by atoms with Gasteiger partial charge in [0, 0.05) is 18.2 Å². The SMILES string of the molecule is [11CH3]c1cn([C@H]2C[C@H](O)[C@@H](CO)O2)c(=O)[nH]c1=O. The van der Waals surface area contributed by atoms with Gasteiger partial charge in [0.25, 0.3) is 5.56 Å². The number of H-pyrrole nitrogens is 1. The lowest BCUT2D eigenvalue weighted by Crippen LogP contribution is -2.33. The molecular weight excluding hydrogens is 227 g/mol. The van der Waals surface area contributed by atoms with E-state index in [0.717, 1.165) is 0 Å². The maximum atomic E-state index is 11.6. The first kappa shape index (κ1) is 12.0. The smallest absolute Gasteiger partial charge is 0.330 e. The maximum Gasteiger partial charge on any atom is 0.330 e. The third-order valence-electron chi connectivity index (χ3n) is 2.84. The van der Waals surface area contributed by atoms with Crippen molar-refractivity contribution < 1.29 is 14.9 Å². The number of rotatable bonds is 2. The molecule has 1 aromatic heterocycles.